The van der Waals surface area contributed by atoms with Crippen LogP contribution in [0.2, 0.25) is 0 Å². The molecule has 162 valence electrons. The molecule has 0 rings (SSSR count). The van der Waals surface area contributed by atoms with E-state index in [1.807, 2.05) is 13.8 Å². The Kier molecular flexibility index (Phi) is 20.5. The van der Waals surface area contributed by atoms with Crippen LogP contribution in [0, 0.1) is 11.8 Å². The van der Waals surface area contributed by atoms with E-state index in [1.54, 1.807) is 6.92 Å². The topological polar surface area (TPSA) is 52.6 Å². The maximum atomic E-state index is 11.6. The van der Waals surface area contributed by atoms with Gasteiger partial charge in [0.2, 0.25) is 0 Å². The SMILES string of the molecule is CCC(=O)OC(C)C.CCCCC(CC)COC(=O)CCCCCC(C)C. The van der Waals surface area contributed by atoms with Gasteiger partial charge >= 0.3 is 11.9 Å². The Hall–Kier alpha value is -1.06. The van der Waals surface area contributed by atoms with Crippen LogP contribution >= 0.6 is 0 Å². The fraction of sp³-hybridized carbons (Fsp3) is 0.913. The first-order chi connectivity index (χ1) is 12.8. The molecule has 0 spiro atoms. The molecule has 0 aromatic heterocycles. The average molecular weight is 387 g/mol. The number of hydrogen-bond donors (Lipinski definition) is 0. The highest BCUT2D eigenvalue weighted by Gasteiger charge is 2.09. The van der Waals surface area contributed by atoms with Crippen molar-refractivity contribution in [3.8, 4) is 0 Å². The predicted octanol–water partition coefficient (Wildman–Crippen LogP) is 6.70. The third kappa shape index (κ3) is 22.9. The molecule has 0 fully saturated rings. The van der Waals surface area contributed by atoms with Crippen molar-refractivity contribution in [2.45, 2.75) is 119 Å². The molecular formula is C23H46O4. The van der Waals surface area contributed by atoms with Crippen LogP contribution in [0.3, 0.4) is 0 Å². The van der Waals surface area contributed by atoms with Gasteiger partial charge in [-0.2, -0.15) is 0 Å². The van der Waals surface area contributed by atoms with E-state index in [0.717, 1.165) is 25.2 Å². The van der Waals surface area contributed by atoms with Crippen molar-refractivity contribution in [3.05, 3.63) is 0 Å². The fourth-order valence-corrected chi connectivity index (χ4v) is 2.53. The third-order valence-electron chi connectivity index (χ3n) is 4.34. The molecule has 4 nitrogen and oxygen atoms in total. The van der Waals surface area contributed by atoms with Gasteiger partial charge in [0.05, 0.1) is 12.7 Å². The second-order valence-corrected chi connectivity index (χ2v) is 7.98. The minimum atomic E-state index is -0.125. The number of carbonyl (C=O) groups is 2. The highest BCUT2D eigenvalue weighted by molar-refractivity contribution is 5.69. The molecule has 1 unspecified atom stereocenters. The Labute approximate surface area is 168 Å². The molecule has 0 heterocycles. The predicted molar refractivity (Wildman–Crippen MR) is 114 cm³/mol. The minimum Gasteiger partial charge on any atom is -0.465 e. The van der Waals surface area contributed by atoms with Gasteiger partial charge in [-0.15, -0.1) is 0 Å². The second-order valence-electron chi connectivity index (χ2n) is 7.98. The van der Waals surface area contributed by atoms with Gasteiger partial charge < -0.3 is 9.47 Å². The normalized spacial score (nSPS) is 11.7. The summed E-state index contributed by atoms with van der Waals surface area (Å²) in [7, 11) is 0. The average Bonchev–Trinajstić information content (AvgIpc) is 2.61. The van der Waals surface area contributed by atoms with Gasteiger partial charge in [0.15, 0.2) is 0 Å². The Morgan fingerprint density at radius 2 is 1.48 bits per heavy atom. The van der Waals surface area contributed by atoms with Crippen LogP contribution in [0.15, 0.2) is 0 Å². The van der Waals surface area contributed by atoms with Crippen molar-refractivity contribution in [1.82, 2.24) is 0 Å². The first-order valence-corrected chi connectivity index (χ1v) is 11.1. The summed E-state index contributed by atoms with van der Waals surface area (Å²) >= 11 is 0. The minimum absolute atomic E-state index is 0.000467. The molecule has 0 aliphatic heterocycles. The van der Waals surface area contributed by atoms with E-state index in [0.29, 0.717) is 25.4 Å². The second kappa shape index (κ2) is 19.7. The summed E-state index contributed by atoms with van der Waals surface area (Å²) in [6, 6.07) is 0. The monoisotopic (exact) mass is 386 g/mol. The summed E-state index contributed by atoms with van der Waals surface area (Å²) in [6.45, 7) is 15.0. The molecule has 0 aliphatic carbocycles. The van der Waals surface area contributed by atoms with E-state index in [9.17, 15) is 9.59 Å². The van der Waals surface area contributed by atoms with Gasteiger partial charge in [-0.3, -0.25) is 9.59 Å². The molecule has 0 aromatic rings. The van der Waals surface area contributed by atoms with Crippen LogP contribution in [0.1, 0.15) is 113 Å². The maximum absolute atomic E-state index is 11.6. The molecule has 0 saturated carbocycles. The summed E-state index contributed by atoms with van der Waals surface area (Å²) in [4.78, 5) is 22.0. The molecule has 0 aliphatic rings. The van der Waals surface area contributed by atoms with Gasteiger partial charge in [0.25, 0.3) is 0 Å². The maximum Gasteiger partial charge on any atom is 0.305 e. The van der Waals surface area contributed by atoms with Crippen LogP contribution < -0.4 is 0 Å². The quantitative estimate of drug-likeness (QED) is 0.246. The third-order valence-corrected chi connectivity index (χ3v) is 4.34. The molecule has 0 saturated heterocycles. The number of ether oxygens (including phenoxy) is 2. The van der Waals surface area contributed by atoms with E-state index in [4.69, 9.17) is 9.47 Å². The van der Waals surface area contributed by atoms with Crippen molar-refractivity contribution in [2.24, 2.45) is 11.8 Å². The van der Waals surface area contributed by atoms with E-state index in [1.165, 1.54) is 32.1 Å². The van der Waals surface area contributed by atoms with Crippen molar-refractivity contribution >= 4 is 11.9 Å². The van der Waals surface area contributed by atoms with Gasteiger partial charge in [0.1, 0.15) is 0 Å². The number of carbonyl (C=O) groups excluding carboxylic acids is 2. The van der Waals surface area contributed by atoms with Gasteiger partial charge in [0, 0.05) is 12.8 Å². The summed E-state index contributed by atoms with van der Waals surface area (Å²) < 4.78 is 10.1. The Bertz CT molecular complexity index is 350. The molecule has 0 bridgehead atoms. The highest BCUT2D eigenvalue weighted by atomic mass is 16.5. The first kappa shape index (κ1) is 28.2. The Morgan fingerprint density at radius 1 is 0.815 bits per heavy atom. The Balaban J connectivity index is 0. The molecule has 4 heteroatoms. The highest BCUT2D eigenvalue weighted by Crippen LogP contribution is 2.14. The molecule has 0 amide bonds. The lowest BCUT2D eigenvalue weighted by Gasteiger charge is -2.14. The lowest BCUT2D eigenvalue weighted by atomic mass is 10.0. The van der Waals surface area contributed by atoms with Gasteiger partial charge in [-0.25, -0.2) is 0 Å². The number of esters is 2. The molecule has 0 aromatic carbocycles. The van der Waals surface area contributed by atoms with E-state index in [2.05, 4.69) is 27.7 Å². The lowest BCUT2D eigenvalue weighted by Crippen LogP contribution is -2.13. The van der Waals surface area contributed by atoms with E-state index >= 15 is 0 Å². The summed E-state index contributed by atoms with van der Waals surface area (Å²) in [5.74, 6) is 1.21. The summed E-state index contributed by atoms with van der Waals surface area (Å²) in [6.07, 6.45) is 10.5. The summed E-state index contributed by atoms with van der Waals surface area (Å²) in [5.41, 5.74) is 0. The Morgan fingerprint density at radius 3 is 1.93 bits per heavy atom. The van der Waals surface area contributed by atoms with Crippen LogP contribution in [0.5, 0.6) is 0 Å². The van der Waals surface area contributed by atoms with Crippen LogP contribution in [0.4, 0.5) is 0 Å². The number of hydrogen-bond acceptors (Lipinski definition) is 4. The smallest absolute Gasteiger partial charge is 0.305 e. The number of unbranched alkanes of at least 4 members (excludes halogenated alkanes) is 3. The molecule has 0 N–H and O–H groups in total. The standard InChI is InChI=1S/C17H34O2.C6H12O2/c1-5-7-12-16(6-2)14-19-17(18)13-10-8-9-11-15(3)4;1-4-6(7)8-5(2)3/h15-16H,5-14H2,1-4H3;5H,4H2,1-3H3. The van der Waals surface area contributed by atoms with Crippen molar-refractivity contribution in [3.63, 3.8) is 0 Å². The summed E-state index contributed by atoms with van der Waals surface area (Å²) in [5, 5.41) is 0. The van der Waals surface area contributed by atoms with E-state index < -0.39 is 0 Å². The van der Waals surface area contributed by atoms with Crippen LogP contribution in [-0.4, -0.2) is 24.6 Å². The van der Waals surface area contributed by atoms with Gasteiger partial charge in [-0.05, 0) is 38.5 Å². The molecule has 1 atom stereocenters. The number of rotatable bonds is 14. The molecular weight excluding hydrogens is 340 g/mol. The van der Waals surface area contributed by atoms with Crippen LogP contribution in [0.25, 0.3) is 0 Å². The van der Waals surface area contributed by atoms with Crippen molar-refractivity contribution in [2.75, 3.05) is 6.61 Å². The van der Waals surface area contributed by atoms with Crippen LogP contribution in [-0.2, 0) is 19.1 Å². The zero-order chi connectivity index (χ0) is 21.1. The van der Waals surface area contributed by atoms with Gasteiger partial charge in [-0.1, -0.05) is 73.1 Å². The molecule has 27 heavy (non-hydrogen) atoms. The van der Waals surface area contributed by atoms with Crippen molar-refractivity contribution in [1.29, 1.82) is 0 Å². The lowest BCUT2D eigenvalue weighted by molar-refractivity contribution is -0.147. The zero-order valence-corrected chi connectivity index (χ0v) is 19.1. The van der Waals surface area contributed by atoms with E-state index in [-0.39, 0.29) is 18.0 Å². The first-order valence-electron chi connectivity index (χ1n) is 11.1. The fourth-order valence-electron chi connectivity index (χ4n) is 2.53. The zero-order valence-electron chi connectivity index (χ0n) is 19.1. The largest absolute Gasteiger partial charge is 0.465 e. The molecule has 0 radical (unpaired) electrons. The van der Waals surface area contributed by atoms with Crippen molar-refractivity contribution < 1.29 is 19.1 Å².